The van der Waals surface area contributed by atoms with Gasteiger partial charge in [-0.25, -0.2) is 9.59 Å². The zero-order valence-corrected chi connectivity index (χ0v) is 10.6. The van der Waals surface area contributed by atoms with Crippen molar-refractivity contribution in [2.45, 2.75) is 44.2 Å². The van der Waals surface area contributed by atoms with E-state index in [9.17, 15) is 14.7 Å². The maximum Gasteiger partial charge on any atom is 0.332 e. The molecule has 18 heavy (non-hydrogen) atoms. The van der Waals surface area contributed by atoms with Crippen molar-refractivity contribution < 1.29 is 19.4 Å². The number of carboxylic acids is 1. The van der Waals surface area contributed by atoms with Gasteiger partial charge in [-0.2, -0.15) is 0 Å². The van der Waals surface area contributed by atoms with Crippen molar-refractivity contribution in [3.63, 3.8) is 0 Å². The predicted octanol–water partition coefficient (Wildman–Crippen LogP) is 0.718. The molecule has 102 valence electrons. The average Bonchev–Trinajstić information content (AvgIpc) is 2.63. The second-order valence-corrected chi connectivity index (χ2v) is 5.27. The Morgan fingerprint density at radius 3 is 2.61 bits per heavy atom. The number of carbonyl (C=O) groups is 2. The van der Waals surface area contributed by atoms with Crippen molar-refractivity contribution in [1.82, 2.24) is 10.6 Å². The van der Waals surface area contributed by atoms with Crippen molar-refractivity contribution in [3.8, 4) is 0 Å². The summed E-state index contributed by atoms with van der Waals surface area (Å²) in [5.74, 6) is -0.511. The third kappa shape index (κ3) is 2.58. The number of urea groups is 1. The molecule has 0 spiro atoms. The average molecular weight is 256 g/mol. The lowest BCUT2D eigenvalue weighted by Crippen LogP contribution is -2.59. The molecule has 1 saturated heterocycles. The summed E-state index contributed by atoms with van der Waals surface area (Å²) in [5, 5.41) is 14.6. The van der Waals surface area contributed by atoms with Crippen molar-refractivity contribution in [2.24, 2.45) is 5.92 Å². The second-order valence-electron chi connectivity index (χ2n) is 5.27. The summed E-state index contributed by atoms with van der Waals surface area (Å²) >= 11 is 0. The molecule has 1 aliphatic carbocycles. The highest BCUT2D eigenvalue weighted by Gasteiger charge is 2.44. The van der Waals surface area contributed by atoms with Gasteiger partial charge < -0.3 is 20.5 Å². The Labute approximate surface area is 106 Å². The number of carboxylic acid groups (broad SMARTS) is 1. The quantitative estimate of drug-likeness (QED) is 0.691. The van der Waals surface area contributed by atoms with Gasteiger partial charge in [-0.15, -0.1) is 0 Å². The number of rotatable bonds is 4. The number of aliphatic carboxylic acids is 1. The first-order valence-electron chi connectivity index (χ1n) is 6.43. The van der Waals surface area contributed by atoms with Crippen LogP contribution in [0.15, 0.2) is 0 Å². The van der Waals surface area contributed by atoms with E-state index in [-0.39, 0.29) is 12.6 Å². The Morgan fingerprint density at radius 1 is 1.44 bits per heavy atom. The number of hydrogen-bond acceptors (Lipinski definition) is 3. The van der Waals surface area contributed by atoms with Crippen LogP contribution in [-0.4, -0.2) is 41.9 Å². The molecule has 0 aromatic carbocycles. The van der Waals surface area contributed by atoms with Crippen LogP contribution in [0.5, 0.6) is 0 Å². The van der Waals surface area contributed by atoms with Crippen LogP contribution in [0.3, 0.4) is 0 Å². The Hall–Kier alpha value is -1.30. The largest absolute Gasteiger partial charge is 0.479 e. The zero-order valence-electron chi connectivity index (χ0n) is 10.6. The molecule has 2 fully saturated rings. The standard InChI is InChI=1S/C12H20N2O4/c1-8(9-3-2-4-9)13-11(17)14-12(10(15)16)5-6-18-7-12/h8-9H,2-7H2,1H3,(H,15,16)(H2,13,14,17). The van der Waals surface area contributed by atoms with Gasteiger partial charge in [0, 0.05) is 19.1 Å². The van der Waals surface area contributed by atoms with E-state index < -0.39 is 17.5 Å². The van der Waals surface area contributed by atoms with Gasteiger partial charge in [0.25, 0.3) is 0 Å². The third-order valence-electron chi connectivity index (χ3n) is 4.00. The Bertz CT molecular complexity index is 335. The lowest BCUT2D eigenvalue weighted by Gasteiger charge is -2.33. The van der Waals surface area contributed by atoms with E-state index in [1.165, 1.54) is 6.42 Å². The van der Waals surface area contributed by atoms with Gasteiger partial charge in [0.15, 0.2) is 5.54 Å². The van der Waals surface area contributed by atoms with E-state index >= 15 is 0 Å². The first kappa shape index (κ1) is 13.1. The van der Waals surface area contributed by atoms with Gasteiger partial charge in [-0.3, -0.25) is 0 Å². The van der Waals surface area contributed by atoms with Crippen LogP contribution in [0.4, 0.5) is 4.79 Å². The summed E-state index contributed by atoms with van der Waals surface area (Å²) in [7, 11) is 0. The van der Waals surface area contributed by atoms with E-state index in [0.29, 0.717) is 18.9 Å². The number of nitrogens with one attached hydrogen (secondary N) is 2. The lowest BCUT2D eigenvalue weighted by atomic mass is 9.80. The normalized spacial score (nSPS) is 29.4. The van der Waals surface area contributed by atoms with Gasteiger partial charge in [-0.1, -0.05) is 6.42 Å². The molecule has 6 heteroatoms. The molecule has 1 aliphatic heterocycles. The van der Waals surface area contributed by atoms with Crippen molar-refractivity contribution >= 4 is 12.0 Å². The van der Waals surface area contributed by atoms with Crippen molar-refractivity contribution in [2.75, 3.05) is 13.2 Å². The van der Waals surface area contributed by atoms with Gasteiger partial charge in [0.1, 0.15) is 0 Å². The van der Waals surface area contributed by atoms with Gasteiger partial charge in [0.2, 0.25) is 0 Å². The molecule has 2 amide bonds. The molecule has 0 aromatic heterocycles. The number of amides is 2. The molecule has 0 bridgehead atoms. The molecule has 2 aliphatic rings. The fourth-order valence-corrected chi connectivity index (χ4v) is 2.40. The molecule has 2 rings (SSSR count). The summed E-state index contributed by atoms with van der Waals surface area (Å²) in [6.07, 6.45) is 3.79. The van der Waals surface area contributed by atoms with Crippen LogP contribution < -0.4 is 10.6 Å². The van der Waals surface area contributed by atoms with Crippen LogP contribution in [0.25, 0.3) is 0 Å². The lowest BCUT2D eigenvalue weighted by molar-refractivity contribution is -0.144. The highest BCUT2D eigenvalue weighted by molar-refractivity contribution is 5.86. The van der Waals surface area contributed by atoms with Crippen molar-refractivity contribution in [3.05, 3.63) is 0 Å². The number of carbonyl (C=O) groups excluding carboxylic acids is 1. The molecule has 0 aromatic rings. The van der Waals surface area contributed by atoms with E-state index in [1.54, 1.807) is 0 Å². The molecule has 1 heterocycles. The van der Waals surface area contributed by atoms with Crippen molar-refractivity contribution in [1.29, 1.82) is 0 Å². The minimum atomic E-state index is -1.26. The molecule has 0 radical (unpaired) electrons. The topological polar surface area (TPSA) is 87.7 Å². The highest BCUT2D eigenvalue weighted by atomic mass is 16.5. The number of hydrogen-bond donors (Lipinski definition) is 3. The van der Waals surface area contributed by atoms with E-state index in [2.05, 4.69) is 10.6 Å². The Kier molecular flexibility index (Phi) is 3.75. The molecule has 3 N–H and O–H groups in total. The first-order valence-corrected chi connectivity index (χ1v) is 6.43. The monoisotopic (exact) mass is 256 g/mol. The summed E-state index contributed by atoms with van der Waals surface area (Å²) in [4.78, 5) is 23.0. The maximum absolute atomic E-state index is 11.8. The molecule has 2 atom stereocenters. The minimum absolute atomic E-state index is 0.0353. The maximum atomic E-state index is 11.8. The first-order chi connectivity index (χ1) is 8.53. The molecular weight excluding hydrogens is 236 g/mol. The van der Waals surface area contributed by atoms with Crippen LogP contribution in [0.2, 0.25) is 0 Å². The zero-order chi connectivity index (χ0) is 13.2. The molecule has 2 unspecified atom stereocenters. The summed E-state index contributed by atoms with van der Waals surface area (Å²) < 4.78 is 5.08. The third-order valence-corrected chi connectivity index (χ3v) is 4.00. The smallest absolute Gasteiger partial charge is 0.332 e. The summed E-state index contributed by atoms with van der Waals surface area (Å²) in [6.45, 7) is 2.36. The molecule has 1 saturated carbocycles. The summed E-state index contributed by atoms with van der Waals surface area (Å²) in [5.41, 5.74) is -1.26. The van der Waals surface area contributed by atoms with Gasteiger partial charge in [0.05, 0.1) is 6.61 Å². The number of ether oxygens (including phenoxy) is 1. The highest BCUT2D eigenvalue weighted by Crippen LogP contribution is 2.29. The fourth-order valence-electron chi connectivity index (χ4n) is 2.40. The van der Waals surface area contributed by atoms with E-state index in [4.69, 9.17) is 4.74 Å². The molecular formula is C12H20N2O4. The van der Waals surface area contributed by atoms with E-state index in [1.807, 2.05) is 6.92 Å². The van der Waals surface area contributed by atoms with Crippen LogP contribution in [0, 0.1) is 5.92 Å². The molecule has 6 nitrogen and oxygen atoms in total. The SMILES string of the molecule is CC(NC(=O)NC1(C(=O)O)CCOC1)C1CCC1. The van der Waals surface area contributed by atoms with Crippen LogP contribution in [0.1, 0.15) is 32.6 Å². The second kappa shape index (κ2) is 5.14. The Morgan fingerprint density at radius 2 is 2.17 bits per heavy atom. The summed E-state index contributed by atoms with van der Waals surface area (Å²) in [6, 6.07) is -0.325. The van der Waals surface area contributed by atoms with Gasteiger partial charge >= 0.3 is 12.0 Å². The predicted molar refractivity (Wildman–Crippen MR) is 64.3 cm³/mol. The van der Waals surface area contributed by atoms with Crippen LogP contribution >= 0.6 is 0 Å². The van der Waals surface area contributed by atoms with Crippen LogP contribution in [-0.2, 0) is 9.53 Å². The Balaban J connectivity index is 1.87. The van der Waals surface area contributed by atoms with Gasteiger partial charge in [-0.05, 0) is 25.7 Å². The fraction of sp³-hybridized carbons (Fsp3) is 0.833. The van der Waals surface area contributed by atoms with E-state index in [0.717, 1.165) is 12.8 Å². The minimum Gasteiger partial charge on any atom is -0.479 e.